The lowest BCUT2D eigenvalue weighted by atomic mass is 10.2. The molecule has 112 valence electrons. The second kappa shape index (κ2) is 6.35. The van der Waals surface area contributed by atoms with Crippen molar-refractivity contribution in [1.82, 2.24) is 0 Å². The Morgan fingerprint density at radius 3 is 2.65 bits per heavy atom. The van der Waals surface area contributed by atoms with Crippen molar-refractivity contribution in [2.75, 3.05) is 37.6 Å². The van der Waals surface area contributed by atoms with Crippen LogP contribution < -0.4 is 14.8 Å². The Balaban J connectivity index is 1.96. The first-order valence-electron chi connectivity index (χ1n) is 6.70. The highest BCUT2D eigenvalue weighted by Gasteiger charge is 2.22. The van der Waals surface area contributed by atoms with E-state index in [1.54, 1.807) is 7.11 Å². The molecule has 1 aliphatic rings. The summed E-state index contributed by atoms with van der Waals surface area (Å²) in [5, 5.41) is 3.08. The fraction of sp³-hybridized carbons (Fsp3) is 0.571. The molecule has 1 aromatic carbocycles. The lowest BCUT2D eigenvalue weighted by Crippen LogP contribution is -2.14. The molecule has 1 aromatic rings. The van der Waals surface area contributed by atoms with Crippen molar-refractivity contribution in [1.29, 1.82) is 0 Å². The summed E-state index contributed by atoms with van der Waals surface area (Å²) in [6.07, 6.45) is 3.69. The number of sulfone groups is 1. The maximum atomic E-state index is 11.1. The van der Waals surface area contributed by atoms with Gasteiger partial charge >= 0.3 is 0 Å². The molecule has 2 rings (SSSR count). The number of ether oxygens (including phenoxy) is 2. The first-order chi connectivity index (χ1) is 9.48. The summed E-state index contributed by atoms with van der Waals surface area (Å²) < 4.78 is 33.2. The molecule has 1 saturated carbocycles. The third kappa shape index (κ3) is 4.92. The monoisotopic (exact) mass is 299 g/mol. The van der Waals surface area contributed by atoms with Crippen LogP contribution in [-0.4, -0.2) is 40.7 Å². The molecule has 0 unspecified atom stereocenters. The Kier molecular flexibility index (Phi) is 4.75. The smallest absolute Gasteiger partial charge is 0.163 e. The van der Waals surface area contributed by atoms with Crippen LogP contribution in [0.15, 0.2) is 18.2 Å². The van der Waals surface area contributed by atoms with Gasteiger partial charge in [0.2, 0.25) is 0 Å². The zero-order valence-electron chi connectivity index (χ0n) is 11.9. The molecule has 0 aliphatic heterocycles. The van der Waals surface area contributed by atoms with Gasteiger partial charge in [0.1, 0.15) is 9.84 Å². The lowest BCUT2D eigenvalue weighted by molar-refractivity contribution is 0.280. The van der Waals surface area contributed by atoms with Crippen LogP contribution in [0.3, 0.4) is 0 Å². The van der Waals surface area contributed by atoms with E-state index in [2.05, 4.69) is 5.32 Å². The molecule has 20 heavy (non-hydrogen) atoms. The van der Waals surface area contributed by atoms with Crippen LogP contribution in [0.25, 0.3) is 0 Å². The maximum Gasteiger partial charge on any atom is 0.163 e. The Morgan fingerprint density at radius 2 is 2.05 bits per heavy atom. The summed E-state index contributed by atoms with van der Waals surface area (Å²) in [4.78, 5) is 0. The fourth-order valence-corrected chi connectivity index (χ4v) is 2.25. The van der Waals surface area contributed by atoms with E-state index in [9.17, 15) is 8.42 Å². The highest BCUT2D eigenvalue weighted by molar-refractivity contribution is 7.90. The van der Waals surface area contributed by atoms with Crippen molar-refractivity contribution in [2.45, 2.75) is 12.8 Å². The largest absolute Gasteiger partial charge is 0.493 e. The molecule has 0 saturated heterocycles. The van der Waals surface area contributed by atoms with Crippen LogP contribution in [0, 0.1) is 5.92 Å². The highest BCUT2D eigenvalue weighted by atomic mass is 32.2. The van der Waals surface area contributed by atoms with Gasteiger partial charge in [-0.15, -0.1) is 0 Å². The van der Waals surface area contributed by atoms with Crippen molar-refractivity contribution in [3.05, 3.63) is 18.2 Å². The van der Waals surface area contributed by atoms with E-state index in [4.69, 9.17) is 9.47 Å². The van der Waals surface area contributed by atoms with Gasteiger partial charge in [-0.2, -0.15) is 0 Å². The molecule has 0 bridgehead atoms. The van der Waals surface area contributed by atoms with Crippen LogP contribution in [0.5, 0.6) is 11.5 Å². The number of anilines is 1. The molecular weight excluding hydrogens is 278 g/mol. The standard InChI is InChI=1S/C14H21NO4S/c1-18-13-6-5-12(15-7-8-20(2,16)17)9-14(13)19-10-11-3-4-11/h5-6,9,11,15H,3-4,7-8,10H2,1-2H3. The SMILES string of the molecule is COc1ccc(NCCS(C)(=O)=O)cc1OCC1CC1. The van der Waals surface area contributed by atoms with Crippen LogP contribution >= 0.6 is 0 Å². The van der Waals surface area contributed by atoms with Crippen LogP contribution in [0.1, 0.15) is 12.8 Å². The Morgan fingerprint density at radius 1 is 1.30 bits per heavy atom. The summed E-state index contributed by atoms with van der Waals surface area (Å²) in [5.41, 5.74) is 0.834. The van der Waals surface area contributed by atoms with E-state index in [0.29, 0.717) is 30.6 Å². The summed E-state index contributed by atoms with van der Waals surface area (Å²) in [5.74, 6) is 2.17. The average Bonchev–Trinajstić information content (AvgIpc) is 3.19. The van der Waals surface area contributed by atoms with Crippen molar-refractivity contribution in [2.24, 2.45) is 5.92 Å². The number of hydrogen-bond donors (Lipinski definition) is 1. The third-order valence-corrected chi connectivity index (χ3v) is 4.08. The van der Waals surface area contributed by atoms with E-state index in [-0.39, 0.29) is 5.75 Å². The molecule has 0 heterocycles. The Labute approximate surface area is 120 Å². The van der Waals surface area contributed by atoms with E-state index in [1.165, 1.54) is 19.1 Å². The predicted octanol–water partition coefficient (Wildman–Crippen LogP) is 1.94. The van der Waals surface area contributed by atoms with Gasteiger partial charge < -0.3 is 14.8 Å². The third-order valence-electron chi connectivity index (χ3n) is 3.14. The van der Waals surface area contributed by atoms with Gasteiger partial charge in [-0.05, 0) is 30.9 Å². The van der Waals surface area contributed by atoms with E-state index >= 15 is 0 Å². The summed E-state index contributed by atoms with van der Waals surface area (Å²) >= 11 is 0. The number of nitrogens with one attached hydrogen (secondary N) is 1. The predicted molar refractivity (Wildman–Crippen MR) is 79.4 cm³/mol. The molecule has 5 nitrogen and oxygen atoms in total. The van der Waals surface area contributed by atoms with Crippen LogP contribution in [0.2, 0.25) is 0 Å². The van der Waals surface area contributed by atoms with E-state index in [0.717, 1.165) is 5.69 Å². The van der Waals surface area contributed by atoms with E-state index in [1.807, 2.05) is 18.2 Å². The zero-order chi connectivity index (χ0) is 14.6. The van der Waals surface area contributed by atoms with Gasteiger partial charge in [0, 0.05) is 24.6 Å². The van der Waals surface area contributed by atoms with Crippen molar-refractivity contribution in [3.8, 4) is 11.5 Å². The molecule has 6 heteroatoms. The first-order valence-corrected chi connectivity index (χ1v) is 8.76. The average molecular weight is 299 g/mol. The minimum Gasteiger partial charge on any atom is -0.493 e. The molecule has 0 radical (unpaired) electrons. The van der Waals surface area contributed by atoms with Crippen molar-refractivity contribution < 1.29 is 17.9 Å². The number of methoxy groups -OCH3 is 1. The summed E-state index contributed by atoms with van der Waals surface area (Å²) in [7, 11) is -1.34. The Hall–Kier alpha value is -1.43. The molecule has 0 spiro atoms. The van der Waals surface area contributed by atoms with Gasteiger partial charge in [-0.3, -0.25) is 0 Å². The second-order valence-electron chi connectivity index (χ2n) is 5.18. The topological polar surface area (TPSA) is 64.6 Å². The fourth-order valence-electron chi connectivity index (χ4n) is 1.77. The highest BCUT2D eigenvalue weighted by Crippen LogP contribution is 2.34. The minimum absolute atomic E-state index is 0.108. The quantitative estimate of drug-likeness (QED) is 0.794. The van der Waals surface area contributed by atoms with Crippen LogP contribution in [-0.2, 0) is 9.84 Å². The van der Waals surface area contributed by atoms with Gasteiger partial charge in [-0.1, -0.05) is 0 Å². The molecule has 1 aliphatic carbocycles. The maximum absolute atomic E-state index is 11.1. The molecule has 0 aromatic heterocycles. The molecule has 1 fully saturated rings. The molecule has 1 N–H and O–H groups in total. The summed E-state index contributed by atoms with van der Waals surface area (Å²) in [6, 6.07) is 5.53. The second-order valence-corrected chi connectivity index (χ2v) is 7.44. The lowest BCUT2D eigenvalue weighted by Gasteiger charge is -2.13. The number of benzene rings is 1. The van der Waals surface area contributed by atoms with Gasteiger partial charge in [0.25, 0.3) is 0 Å². The van der Waals surface area contributed by atoms with Gasteiger partial charge in [0.05, 0.1) is 19.5 Å². The first kappa shape index (κ1) is 15.0. The van der Waals surface area contributed by atoms with Gasteiger partial charge in [0.15, 0.2) is 11.5 Å². The minimum atomic E-state index is -2.95. The summed E-state index contributed by atoms with van der Waals surface area (Å²) in [6.45, 7) is 1.09. The Bertz CT molecular complexity index is 552. The van der Waals surface area contributed by atoms with Crippen LogP contribution in [0.4, 0.5) is 5.69 Å². The van der Waals surface area contributed by atoms with E-state index < -0.39 is 9.84 Å². The normalized spacial score (nSPS) is 14.9. The molecule has 0 amide bonds. The zero-order valence-corrected chi connectivity index (χ0v) is 12.7. The molecular formula is C14H21NO4S. The number of hydrogen-bond acceptors (Lipinski definition) is 5. The molecule has 0 atom stereocenters. The van der Waals surface area contributed by atoms with Crippen molar-refractivity contribution >= 4 is 15.5 Å². The van der Waals surface area contributed by atoms with Gasteiger partial charge in [-0.25, -0.2) is 8.42 Å². The van der Waals surface area contributed by atoms with Crippen molar-refractivity contribution in [3.63, 3.8) is 0 Å². The number of rotatable bonds is 8.